The van der Waals surface area contributed by atoms with Gasteiger partial charge in [-0.3, -0.25) is 0 Å². The Kier molecular flexibility index (Phi) is 3.60. The standard InChI is InChI=1S/C20H16O5/c21-11-5-7-15-17(9-11)25-18-10-12(22)6-8-16(18)19(15)13-3-1-2-4-14(13)20(23)24/h1-10,19-24H. The molecule has 0 saturated heterocycles. The van der Waals surface area contributed by atoms with Crippen LogP contribution in [0.1, 0.15) is 34.5 Å². The molecule has 0 amide bonds. The summed E-state index contributed by atoms with van der Waals surface area (Å²) in [4.78, 5) is 0. The number of ether oxygens (including phenoxy) is 1. The maximum absolute atomic E-state index is 9.78. The Morgan fingerprint density at radius 3 is 1.84 bits per heavy atom. The minimum atomic E-state index is -1.61. The third-order valence-electron chi connectivity index (χ3n) is 4.42. The largest absolute Gasteiger partial charge is 0.508 e. The van der Waals surface area contributed by atoms with E-state index in [0.717, 1.165) is 16.7 Å². The summed E-state index contributed by atoms with van der Waals surface area (Å²) in [5.74, 6) is 0.738. The highest BCUT2D eigenvalue weighted by atomic mass is 16.5. The Morgan fingerprint density at radius 1 is 0.720 bits per heavy atom. The maximum atomic E-state index is 9.78. The lowest BCUT2D eigenvalue weighted by Crippen LogP contribution is -2.14. The van der Waals surface area contributed by atoms with Crippen LogP contribution >= 0.6 is 0 Å². The highest BCUT2D eigenvalue weighted by Gasteiger charge is 2.31. The van der Waals surface area contributed by atoms with E-state index in [1.165, 1.54) is 12.1 Å². The number of rotatable bonds is 2. The van der Waals surface area contributed by atoms with Crippen LogP contribution < -0.4 is 4.74 Å². The number of aromatic hydroxyl groups is 2. The van der Waals surface area contributed by atoms with Crippen molar-refractivity contribution in [2.75, 3.05) is 0 Å². The first-order chi connectivity index (χ1) is 12.0. The molecule has 3 aromatic carbocycles. The predicted molar refractivity (Wildman–Crippen MR) is 90.9 cm³/mol. The van der Waals surface area contributed by atoms with Gasteiger partial charge in [-0.25, -0.2) is 0 Å². The van der Waals surface area contributed by atoms with Crippen LogP contribution in [0.4, 0.5) is 0 Å². The van der Waals surface area contributed by atoms with Crippen LogP contribution in [0.2, 0.25) is 0 Å². The monoisotopic (exact) mass is 336 g/mol. The average molecular weight is 336 g/mol. The van der Waals surface area contributed by atoms with Crippen molar-refractivity contribution < 1.29 is 25.2 Å². The molecule has 1 heterocycles. The first kappa shape index (κ1) is 15.5. The van der Waals surface area contributed by atoms with Crippen molar-refractivity contribution in [1.82, 2.24) is 0 Å². The number of phenolic OH excluding ortho intramolecular Hbond substituents is 2. The maximum Gasteiger partial charge on any atom is 0.178 e. The number of hydrogen-bond acceptors (Lipinski definition) is 5. The molecule has 0 spiro atoms. The summed E-state index contributed by atoms with van der Waals surface area (Å²) in [7, 11) is 0. The molecule has 25 heavy (non-hydrogen) atoms. The van der Waals surface area contributed by atoms with Crippen molar-refractivity contribution in [2.24, 2.45) is 0 Å². The summed E-state index contributed by atoms with van der Waals surface area (Å²) in [6.07, 6.45) is -1.61. The molecule has 1 aliphatic heterocycles. The second kappa shape index (κ2) is 5.81. The van der Waals surface area contributed by atoms with Crippen molar-refractivity contribution in [2.45, 2.75) is 12.2 Å². The fraction of sp³-hybridized carbons (Fsp3) is 0.100. The van der Waals surface area contributed by atoms with E-state index in [9.17, 15) is 20.4 Å². The highest BCUT2D eigenvalue weighted by molar-refractivity contribution is 5.61. The normalized spacial score (nSPS) is 13.2. The third-order valence-corrected chi connectivity index (χ3v) is 4.42. The third kappa shape index (κ3) is 2.59. The van der Waals surface area contributed by atoms with E-state index < -0.39 is 6.29 Å². The van der Waals surface area contributed by atoms with E-state index in [1.807, 2.05) is 12.1 Å². The Morgan fingerprint density at radius 2 is 1.28 bits per heavy atom. The molecule has 3 aromatic rings. The second-order valence-corrected chi connectivity index (χ2v) is 5.98. The van der Waals surface area contributed by atoms with Gasteiger partial charge in [0.05, 0.1) is 0 Å². The summed E-state index contributed by atoms with van der Waals surface area (Å²) in [5.41, 5.74) is 2.71. The minimum Gasteiger partial charge on any atom is -0.508 e. The summed E-state index contributed by atoms with van der Waals surface area (Å²) >= 11 is 0. The lowest BCUT2D eigenvalue weighted by atomic mass is 9.80. The molecule has 0 saturated carbocycles. The number of fused-ring (bicyclic) bond motifs is 2. The zero-order valence-corrected chi connectivity index (χ0v) is 13.1. The van der Waals surface area contributed by atoms with Gasteiger partial charge in [0.1, 0.15) is 23.0 Å². The Bertz CT molecular complexity index is 897. The van der Waals surface area contributed by atoms with Gasteiger partial charge in [0.25, 0.3) is 0 Å². The summed E-state index contributed by atoms with van der Waals surface area (Å²) in [6, 6.07) is 16.7. The molecular formula is C20H16O5. The number of aliphatic hydroxyl groups excluding tert-OH is 1. The fourth-order valence-electron chi connectivity index (χ4n) is 3.33. The van der Waals surface area contributed by atoms with Gasteiger partial charge in [-0.15, -0.1) is 0 Å². The number of phenols is 2. The highest BCUT2D eigenvalue weighted by Crippen LogP contribution is 2.49. The lowest BCUT2D eigenvalue weighted by molar-refractivity contribution is -0.0431. The number of hydrogen-bond donors (Lipinski definition) is 4. The minimum absolute atomic E-state index is 0.0663. The average Bonchev–Trinajstić information content (AvgIpc) is 2.59. The molecule has 126 valence electrons. The Hall–Kier alpha value is -3.02. The van der Waals surface area contributed by atoms with Crippen molar-refractivity contribution in [3.63, 3.8) is 0 Å². The van der Waals surface area contributed by atoms with Crippen molar-refractivity contribution >= 4 is 0 Å². The van der Waals surface area contributed by atoms with Crippen LogP contribution in [0, 0.1) is 0 Å². The molecule has 0 unspecified atom stereocenters. The molecule has 0 atom stereocenters. The van der Waals surface area contributed by atoms with Crippen molar-refractivity contribution in [1.29, 1.82) is 0 Å². The molecule has 0 aliphatic carbocycles. The molecule has 5 nitrogen and oxygen atoms in total. The molecule has 4 N–H and O–H groups in total. The fourth-order valence-corrected chi connectivity index (χ4v) is 3.33. The molecular weight excluding hydrogens is 320 g/mol. The summed E-state index contributed by atoms with van der Waals surface area (Å²) < 4.78 is 5.85. The first-order valence-electron chi connectivity index (χ1n) is 7.83. The van der Waals surface area contributed by atoms with Crippen LogP contribution in [-0.4, -0.2) is 20.4 Å². The van der Waals surface area contributed by atoms with Crippen molar-refractivity contribution in [3.05, 3.63) is 82.9 Å². The molecule has 0 fully saturated rings. The van der Waals surface area contributed by atoms with E-state index in [0.29, 0.717) is 17.1 Å². The van der Waals surface area contributed by atoms with E-state index in [1.54, 1.807) is 36.4 Å². The number of benzene rings is 3. The van der Waals surface area contributed by atoms with Crippen LogP contribution in [0.25, 0.3) is 0 Å². The predicted octanol–water partition coefficient (Wildman–Crippen LogP) is 3.37. The molecule has 5 heteroatoms. The molecule has 4 rings (SSSR count). The SMILES string of the molecule is Oc1ccc2c(c1)Oc1cc(O)ccc1C2c1ccccc1C(O)O. The molecule has 0 aromatic heterocycles. The molecule has 0 bridgehead atoms. The lowest BCUT2D eigenvalue weighted by Gasteiger charge is -2.30. The molecule has 1 aliphatic rings. The molecule has 0 radical (unpaired) electrons. The zero-order chi connectivity index (χ0) is 17.6. The van der Waals surface area contributed by atoms with Gasteiger partial charge in [-0.1, -0.05) is 36.4 Å². The van der Waals surface area contributed by atoms with Gasteiger partial charge in [-0.2, -0.15) is 0 Å². The van der Waals surface area contributed by atoms with Gasteiger partial charge in [0.15, 0.2) is 6.29 Å². The summed E-state index contributed by atoms with van der Waals surface area (Å²) in [5, 5.41) is 39.1. The van der Waals surface area contributed by atoms with Crippen LogP contribution in [0.5, 0.6) is 23.0 Å². The Labute approximate surface area is 144 Å². The van der Waals surface area contributed by atoms with E-state index >= 15 is 0 Å². The first-order valence-corrected chi connectivity index (χ1v) is 7.83. The summed E-state index contributed by atoms with van der Waals surface area (Å²) in [6.45, 7) is 0. The van der Waals surface area contributed by atoms with Crippen LogP contribution in [0.3, 0.4) is 0 Å². The topological polar surface area (TPSA) is 90.2 Å². The number of aliphatic hydroxyl groups is 2. The quantitative estimate of drug-likeness (QED) is 0.421. The smallest absolute Gasteiger partial charge is 0.178 e. The van der Waals surface area contributed by atoms with Gasteiger partial charge in [0, 0.05) is 34.7 Å². The zero-order valence-electron chi connectivity index (χ0n) is 13.1. The Balaban J connectivity index is 1.99. The van der Waals surface area contributed by atoms with Crippen molar-refractivity contribution in [3.8, 4) is 23.0 Å². The van der Waals surface area contributed by atoms with Gasteiger partial charge >= 0.3 is 0 Å². The van der Waals surface area contributed by atoms with E-state index in [2.05, 4.69) is 0 Å². The van der Waals surface area contributed by atoms with E-state index in [4.69, 9.17) is 4.74 Å². The van der Waals surface area contributed by atoms with Crippen LogP contribution in [0.15, 0.2) is 60.7 Å². The van der Waals surface area contributed by atoms with Gasteiger partial charge in [-0.05, 0) is 17.7 Å². The van der Waals surface area contributed by atoms with Gasteiger partial charge < -0.3 is 25.2 Å². The second-order valence-electron chi connectivity index (χ2n) is 5.98. The van der Waals surface area contributed by atoms with Crippen LogP contribution in [-0.2, 0) is 0 Å². The van der Waals surface area contributed by atoms with Gasteiger partial charge in [0.2, 0.25) is 0 Å². The van der Waals surface area contributed by atoms with E-state index in [-0.39, 0.29) is 17.4 Å².